The summed E-state index contributed by atoms with van der Waals surface area (Å²) in [5.74, 6) is -0.378. The molecule has 3 aromatic rings. The number of hydrogen-bond acceptors (Lipinski definition) is 4. The fourth-order valence-corrected chi connectivity index (χ4v) is 3.85. The van der Waals surface area contributed by atoms with E-state index in [9.17, 15) is 14.4 Å². The highest BCUT2D eigenvalue weighted by Crippen LogP contribution is 2.27. The van der Waals surface area contributed by atoms with Crippen LogP contribution in [-0.2, 0) is 22.6 Å². The summed E-state index contributed by atoms with van der Waals surface area (Å²) in [5, 5.41) is 0. The molecule has 1 aromatic heterocycles. The van der Waals surface area contributed by atoms with Gasteiger partial charge in [0.1, 0.15) is 6.54 Å². The van der Waals surface area contributed by atoms with Gasteiger partial charge < -0.3 is 4.90 Å². The molecular weight excluding hydrogens is 368 g/mol. The number of anilines is 2. The molecule has 0 atom stereocenters. The largest absolute Gasteiger partial charge is 0.310 e. The van der Waals surface area contributed by atoms with E-state index in [2.05, 4.69) is 4.98 Å². The molecule has 2 amide bonds. The summed E-state index contributed by atoms with van der Waals surface area (Å²) in [6, 6.07) is 15.0. The predicted octanol–water partition coefficient (Wildman–Crippen LogP) is 2.36. The highest BCUT2D eigenvalue weighted by atomic mass is 16.2. The Hall–Kier alpha value is -3.48. The maximum absolute atomic E-state index is 13.2. The number of nitrogens with zero attached hydrogens (tertiary/aromatic N) is 4. The Bertz CT molecular complexity index is 1170. The number of amides is 2. The van der Waals surface area contributed by atoms with Crippen LogP contribution in [0.5, 0.6) is 0 Å². The summed E-state index contributed by atoms with van der Waals surface area (Å²) >= 11 is 0. The summed E-state index contributed by atoms with van der Waals surface area (Å²) in [6.07, 6.45) is 0.799. The standard InChI is InChI=1S/C22H22N4O3/c1-3-24(15(2)27)21-22(29)26(19-11-7-5-9-17(19)23-21)14-20(28)25-13-12-16-8-4-6-10-18(16)25/h4-11H,3,12-14H2,1-2H3. The fraction of sp³-hybridized carbons (Fsp3) is 0.273. The van der Waals surface area contributed by atoms with Crippen LogP contribution in [0.4, 0.5) is 11.5 Å². The van der Waals surface area contributed by atoms with E-state index in [-0.39, 0.29) is 24.2 Å². The third-order valence-corrected chi connectivity index (χ3v) is 5.27. The molecule has 0 saturated heterocycles. The molecule has 0 bridgehead atoms. The lowest BCUT2D eigenvalue weighted by Gasteiger charge is -2.21. The highest BCUT2D eigenvalue weighted by molar-refractivity contribution is 5.96. The van der Waals surface area contributed by atoms with Crippen molar-refractivity contribution in [2.24, 2.45) is 0 Å². The molecule has 0 saturated carbocycles. The average Bonchev–Trinajstić information content (AvgIpc) is 3.15. The third kappa shape index (κ3) is 3.29. The second-order valence-corrected chi connectivity index (χ2v) is 7.00. The number of para-hydroxylation sites is 3. The molecule has 0 spiro atoms. The number of fused-ring (bicyclic) bond motifs is 2. The SMILES string of the molecule is CCN(C(C)=O)c1nc2ccccc2n(CC(=O)N2CCc3ccccc32)c1=O. The first-order valence-corrected chi connectivity index (χ1v) is 9.67. The van der Waals surface area contributed by atoms with Gasteiger partial charge in [-0.25, -0.2) is 4.98 Å². The lowest BCUT2D eigenvalue weighted by atomic mass is 10.2. The van der Waals surface area contributed by atoms with Gasteiger partial charge >= 0.3 is 0 Å². The van der Waals surface area contributed by atoms with Crippen LogP contribution in [0.1, 0.15) is 19.4 Å². The Balaban J connectivity index is 1.79. The minimum Gasteiger partial charge on any atom is -0.310 e. The van der Waals surface area contributed by atoms with Crippen molar-refractivity contribution in [1.29, 1.82) is 0 Å². The van der Waals surface area contributed by atoms with E-state index in [0.717, 1.165) is 17.7 Å². The van der Waals surface area contributed by atoms with E-state index in [1.807, 2.05) is 30.3 Å². The molecule has 2 aromatic carbocycles. The maximum atomic E-state index is 13.2. The van der Waals surface area contributed by atoms with Crippen molar-refractivity contribution in [3.63, 3.8) is 0 Å². The number of aromatic nitrogens is 2. The molecule has 0 fully saturated rings. The Labute approximate surface area is 168 Å². The first kappa shape index (κ1) is 18.9. The van der Waals surface area contributed by atoms with Crippen molar-refractivity contribution in [2.45, 2.75) is 26.8 Å². The van der Waals surface area contributed by atoms with Gasteiger partial charge in [0.2, 0.25) is 17.6 Å². The summed E-state index contributed by atoms with van der Waals surface area (Å²) in [7, 11) is 0. The molecule has 1 aliphatic heterocycles. The van der Waals surface area contributed by atoms with Crippen LogP contribution in [0.15, 0.2) is 53.3 Å². The molecule has 0 radical (unpaired) electrons. The Morgan fingerprint density at radius 1 is 1.10 bits per heavy atom. The maximum Gasteiger partial charge on any atom is 0.294 e. The summed E-state index contributed by atoms with van der Waals surface area (Å²) in [4.78, 5) is 45.8. The van der Waals surface area contributed by atoms with E-state index in [1.54, 1.807) is 30.0 Å². The first-order valence-electron chi connectivity index (χ1n) is 9.67. The number of benzene rings is 2. The second-order valence-electron chi connectivity index (χ2n) is 7.00. The zero-order valence-electron chi connectivity index (χ0n) is 16.5. The van der Waals surface area contributed by atoms with Crippen LogP contribution in [0.25, 0.3) is 11.0 Å². The van der Waals surface area contributed by atoms with Crippen molar-refractivity contribution in [3.8, 4) is 0 Å². The van der Waals surface area contributed by atoms with Gasteiger partial charge in [-0.05, 0) is 37.1 Å². The molecule has 4 rings (SSSR count). The molecular formula is C22H22N4O3. The van der Waals surface area contributed by atoms with Crippen LogP contribution < -0.4 is 15.4 Å². The van der Waals surface area contributed by atoms with Gasteiger partial charge in [0.25, 0.3) is 5.56 Å². The van der Waals surface area contributed by atoms with Gasteiger partial charge in [-0.2, -0.15) is 0 Å². The Morgan fingerprint density at radius 3 is 2.59 bits per heavy atom. The number of carbonyl (C=O) groups excluding carboxylic acids is 2. The van der Waals surface area contributed by atoms with Crippen LogP contribution in [0.2, 0.25) is 0 Å². The van der Waals surface area contributed by atoms with Gasteiger partial charge in [-0.1, -0.05) is 30.3 Å². The zero-order chi connectivity index (χ0) is 20.5. The van der Waals surface area contributed by atoms with Crippen molar-refractivity contribution < 1.29 is 9.59 Å². The van der Waals surface area contributed by atoms with E-state index in [0.29, 0.717) is 24.1 Å². The van der Waals surface area contributed by atoms with Gasteiger partial charge in [-0.3, -0.25) is 23.9 Å². The molecule has 7 nitrogen and oxygen atoms in total. The second kappa shape index (κ2) is 7.50. The highest BCUT2D eigenvalue weighted by Gasteiger charge is 2.26. The average molecular weight is 390 g/mol. The van der Waals surface area contributed by atoms with Crippen LogP contribution in [-0.4, -0.2) is 34.5 Å². The molecule has 2 heterocycles. The first-order chi connectivity index (χ1) is 14.0. The fourth-order valence-electron chi connectivity index (χ4n) is 3.85. The van der Waals surface area contributed by atoms with Gasteiger partial charge in [0.05, 0.1) is 11.0 Å². The van der Waals surface area contributed by atoms with Crippen LogP contribution in [0, 0.1) is 0 Å². The van der Waals surface area contributed by atoms with Crippen molar-refractivity contribution in [1.82, 2.24) is 9.55 Å². The van der Waals surface area contributed by atoms with E-state index in [4.69, 9.17) is 0 Å². The molecule has 0 aliphatic carbocycles. The third-order valence-electron chi connectivity index (χ3n) is 5.27. The van der Waals surface area contributed by atoms with E-state index >= 15 is 0 Å². The molecule has 0 unspecified atom stereocenters. The number of hydrogen-bond donors (Lipinski definition) is 0. The van der Waals surface area contributed by atoms with Gasteiger partial charge in [-0.15, -0.1) is 0 Å². The van der Waals surface area contributed by atoms with Crippen molar-refractivity contribution >= 4 is 34.4 Å². The van der Waals surface area contributed by atoms with Crippen LogP contribution >= 0.6 is 0 Å². The van der Waals surface area contributed by atoms with Crippen molar-refractivity contribution in [2.75, 3.05) is 22.9 Å². The smallest absolute Gasteiger partial charge is 0.294 e. The minimum atomic E-state index is -0.443. The van der Waals surface area contributed by atoms with Gasteiger partial charge in [0, 0.05) is 25.7 Å². The Kier molecular flexibility index (Phi) is 4.88. The molecule has 0 N–H and O–H groups in total. The van der Waals surface area contributed by atoms with Crippen LogP contribution in [0.3, 0.4) is 0 Å². The normalized spacial score (nSPS) is 12.8. The quantitative estimate of drug-likeness (QED) is 0.685. The minimum absolute atomic E-state index is 0.0494. The molecule has 1 aliphatic rings. The van der Waals surface area contributed by atoms with E-state index < -0.39 is 5.56 Å². The monoisotopic (exact) mass is 390 g/mol. The molecule has 29 heavy (non-hydrogen) atoms. The van der Waals surface area contributed by atoms with E-state index in [1.165, 1.54) is 16.4 Å². The zero-order valence-corrected chi connectivity index (χ0v) is 16.5. The lowest BCUT2D eigenvalue weighted by Crippen LogP contribution is -2.40. The summed E-state index contributed by atoms with van der Waals surface area (Å²) in [6.45, 7) is 3.99. The molecule has 7 heteroatoms. The summed E-state index contributed by atoms with van der Waals surface area (Å²) < 4.78 is 1.42. The Morgan fingerprint density at radius 2 is 1.83 bits per heavy atom. The van der Waals surface area contributed by atoms with Crippen molar-refractivity contribution in [3.05, 3.63) is 64.4 Å². The predicted molar refractivity (Wildman–Crippen MR) is 112 cm³/mol. The number of carbonyl (C=O) groups is 2. The molecule has 148 valence electrons. The van der Waals surface area contributed by atoms with Gasteiger partial charge in [0.15, 0.2) is 0 Å². The lowest BCUT2D eigenvalue weighted by molar-refractivity contribution is -0.119. The number of rotatable bonds is 4. The topological polar surface area (TPSA) is 75.5 Å². The summed E-state index contributed by atoms with van der Waals surface area (Å²) in [5.41, 5.74) is 2.71.